The molecule has 3 aliphatic rings. The van der Waals surface area contributed by atoms with E-state index in [1.165, 1.54) is 50.1 Å². The minimum absolute atomic E-state index is 0. The number of carbonyl (C=O) groups excluding carboxylic acids is 7. The third-order valence-corrected chi connectivity index (χ3v) is 18.4. The number of nitrogens with one attached hydrogen (secondary N) is 1. The van der Waals surface area contributed by atoms with Crippen molar-refractivity contribution in [1.82, 2.24) is 38.8 Å². The standard InChI is InChI=1S/C25H26FN5O2.C20H23BrN4O2.C17H17BrN4O2.C5H5BFNO2.C3H7I.CH2O3.2Cs.H/c1-4-12-31-15-18(14-20(31)21(32)5-2)25(23(33)30(3)24(27)29-25)17-9-6-8-16(13-17)19-10-7-11-28-22(19)26;1-4-9-25-12-14(11-16(25)17(26)5-2)20(13-7-6-8-15(21)10-13)18(27)24(3)19(22)23-20;1-3-14(23)13-8-11(9-20-13)17(10-5-4-6-12(18)7-10)15(24)22(2)16(19)21-17;7-5-4(6(9)10)2-1-3-8-5;1-2-3-4;2-1-4-3;;;/h6-11,13-15H,4-5,12H2,1-3H3,(H2,27,29);6-8,10-12H,4-5,9H2,1-3H3,(H2,22,23);4-9,20H,3H2,1-2H3,(H2,19,21);1-3,9-10H;2-3H2,1H3;1,3H;;;/q;;;;;;2*+1;-1/p-1. The van der Waals surface area contributed by atoms with Gasteiger partial charge >= 0.3 is 145 Å². The Morgan fingerprint density at radius 2 is 0.990 bits per heavy atom. The molecule has 0 bridgehead atoms. The van der Waals surface area contributed by atoms with Gasteiger partial charge in [-0.25, -0.2) is 24.9 Å². The molecule has 9 N–H and O–H groups in total. The number of aryl methyl sites for hydroxylation is 2. The first-order valence-electron chi connectivity index (χ1n) is 32.2. The molecule has 0 saturated carbocycles. The topological polar surface area (TPSA) is 369 Å². The van der Waals surface area contributed by atoms with E-state index < -0.39 is 35.6 Å². The molecule has 0 aliphatic carbocycles. The molecule has 8 heterocycles. The number of hydrogen-bond acceptors (Lipinski definition) is 19. The van der Waals surface area contributed by atoms with Crippen molar-refractivity contribution in [1.29, 1.82) is 0 Å². The van der Waals surface area contributed by atoms with Gasteiger partial charge in [0.2, 0.25) is 11.9 Å². The van der Waals surface area contributed by atoms with Crippen LogP contribution in [0.4, 0.5) is 8.78 Å². The van der Waals surface area contributed by atoms with E-state index in [1.54, 1.807) is 102 Å². The fourth-order valence-electron chi connectivity index (χ4n) is 11.1. The minimum Gasteiger partial charge on any atom is -1.00 e. The van der Waals surface area contributed by atoms with E-state index in [9.17, 15) is 37.5 Å². The second-order valence-corrected chi connectivity index (χ2v) is 25.9. The van der Waals surface area contributed by atoms with Crippen LogP contribution in [0.15, 0.2) is 170 Å². The molecule has 3 unspecified atom stereocenters. The van der Waals surface area contributed by atoms with Gasteiger partial charge in [0.15, 0.2) is 51.8 Å². The molecule has 0 saturated heterocycles. The minimum atomic E-state index is -1.78. The Hall–Kier alpha value is -5.30. The number of likely N-dealkylation sites (N-methyl/N-ethyl adjacent to an activating group) is 3. The molecule has 540 valence electrons. The molecule has 33 heteroatoms. The summed E-state index contributed by atoms with van der Waals surface area (Å²) in [6.07, 6.45) is 12.1. The number of H-pyrrole nitrogens is 1. The number of alkyl halides is 1. The number of amides is 3. The van der Waals surface area contributed by atoms with E-state index in [1.807, 2.05) is 77.7 Å². The number of hydrogen-bond donors (Lipinski definition) is 6. The van der Waals surface area contributed by atoms with Crippen LogP contribution in [-0.4, -0.2) is 141 Å². The molecule has 11 rings (SSSR count). The zero-order chi connectivity index (χ0) is 75.4. The number of aromatic amines is 1. The van der Waals surface area contributed by atoms with Gasteiger partial charge in [0.05, 0.1) is 17.1 Å². The van der Waals surface area contributed by atoms with Crippen LogP contribution in [0.1, 0.15) is 146 Å². The van der Waals surface area contributed by atoms with Gasteiger partial charge in [-0.3, -0.25) is 48.3 Å². The molecule has 104 heavy (non-hydrogen) atoms. The number of benzene rings is 3. The number of carbonyl (C=O) groups is 7. The molecule has 5 aromatic heterocycles. The third-order valence-electron chi connectivity index (χ3n) is 16.3. The van der Waals surface area contributed by atoms with Gasteiger partial charge in [-0.05, 0) is 113 Å². The zero-order valence-corrected chi connectivity index (χ0v) is 77.4. The Bertz CT molecular complexity index is 4460. The number of ketones is 3. The number of guanidine groups is 3. The van der Waals surface area contributed by atoms with Crippen molar-refractivity contribution in [2.75, 3.05) is 25.6 Å². The summed E-state index contributed by atoms with van der Waals surface area (Å²) in [5.74, 6) is -1.92. The van der Waals surface area contributed by atoms with Crippen molar-refractivity contribution >= 4 is 126 Å². The molecule has 8 aromatic rings. The first-order valence-corrected chi connectivity index (χ1v) is 35.3. The average molecular weight is 1910 g/mol. The Morgan fingerprint density at radius 3 is 1.33 bits per heavy atom. The number of nitrogens with two attached hydrogens (primary N) is 3. The number of aromatic nitrogens is 5. The summed E-state index contributed by atoms with van der Waals surface area (Å²) >= 11 is 9.25. The van der Waals surface area contributed by atoms with Crippen LogP contribution in [0.5, 0.6) is 0 Å². The Kier molecular flexibility index (Phi) is 37.2. The maximum atomic E-state index is 14.4. The van der Waals surface area contributed by atoms with Gasteiger partial charge in [0.25, 0.3) is 24.2 Å². The van der Waals surface area contributed by atoms with Crippen LogP contribution in [0, 0.1) is 11.9 Å². The summed E-state index contributed by atoms with van der Waals surface area (Å²) in [7, 11) is 2.98. The summed E-state index contributed by atoms with van der Waals surface area (Å²) in [5.41, 5.74) is 19.9. The van der Waals surface area contributed by atoms with Crippen LogP contribution in [0.2, 0.25) is 0 Å². The predicted octanol–water partition coefficient (Wildman–Crippen LogP) is 2.69. The van der Waals surface area contributed by atoms with Gasteiger partial charge in [0.1, 0.15) is 0 Å². The smallest absolute Gasteiger partial charge is 1.00 e. The molecule has 3 amide bonds. The van der Waals surface area contributed by atoms with E-state index in [4.69, 9.17) is 37.3 Å². The average Bonchev–Trinajstić information content (AvgIpc) is 1.55. The number of pyridine rings is 2. The van der Waals surface area contributed by atoms with Gasteiger partial charge < -0.3 is 52.9 Å². The van der Waals surface area contributed by atoms with Crippen LogP contribution in [0.3, 0.4) is 0 Å². The first-order chi connectivity index (χ1) is 48.6. The van der Waals surface area contributed by atoms with Crippen LogP contribution < -0.4 is 166 Å². The molecular formula is C71H80BBr2Cs2F2IN14O11. The van der Waals surface area contributed by atoms with E-state index in [0.29, 0.717) is 93.9 Å². The number of rotatable bonds is 20. The molecule has 3 aromatic carbocycles. The van der Waals surface area contributed by atoms with Gasteiger partial charge in [-0.15, -0.1) is 0 Å². The van der Waals surface area contributed by atoms with Crippen molar-refractivity contribution in [3.05, 3.63) is 218 Å². The van der Waals surface area contributed by atoms with Crippen molar-refractivity contribution in [3.63, 3.8) is 0 Å². The molecule has 0 fully saturated rings. The Balaban J connectivity index is 0.000000363. The fraction of sp³-hybridized carbons (Fsp3) is 0.296. The van der Waals surface area contributed by atoms with Crippen LogP contribution in [0.25, 0.3) is 11.1 Å². The second-order valence-electron chi connectivity index (χ2n) is 23.0. The molecule has 0 spiro atoms. The normalized spacial score (nSPS) is 16.9. The molecule has 3 aliphatic heterocycles. The van der Waals surface area contributed by atoms with E-state index in [0.717, 1.165) is 21.8 Å². The van der Waals surface area contributed by atoms with Crippen molar-refractivity contribution in [2.45, 2.75) is 110 Å². The molecule has 0 radical (unpaired) electrons. The van der Waals surface area contributed by atoms with Gasteiger partial charge in [-0.1, -0.05) is 145 Å². The first kappa shape index (κ1) is 91.1. The molecule has 3 atom stereocenters. The van der Waals surface area contributed by atoms with Crippen LogP contribution >= 0.6 is 54.5 Å². The number of nitrogens with zero attached hydrogens (tertiary/aromatic N) is 10. The van der Waals surface area contributed by atoms with Gasteiger partial charge in [-0.2, -0.15) is 8.78 Å². The summed E-state index contributed by atoms with van der Waals surface area (Å²) in [5, 5.41) is 25.4. The zero-order valence-electron chi connectivity index (χ0n) is 60.5. The third kappa shape index (κ3) is 20.7. The van der Waals surface area contributed by atoms with Crippen molar-refractivity contribution < 1.29 is 202 Å². The predicted molar refractivity (Wildman–Crippen MR) is 399 cm³/mol. The largest absolute Gasteiger partial charge is 1.00 e. The van der Waals surface area contributed by atoms with Crippen molar-refractivity contribution in [3.8, 4) is 11.1 Å². The number of Topliss-reactive ketones (excluding diaryl/α,β-unsaturated/α-hetero) is 3. The SMILES string of the molecule is CCC(=O)c1cc(C2(c3cccc(Br)c3)N=C(N)N(C)C2=O)c[nH]1.CCCI.CCCn1cc(C2(c3cccc(-c4cccnc4F)c3)N=C(N)N(C)C2=O)cc1C(=O)CC.CCCn1cc(C2(c3cccc(Br)c3)N=C(N)N(C)C2=O)cc1C(=O)CC.O=CO[O-].OB(O)c1cccnc1F.[Cs+].[Cs+].[H-]. The summed E-state index contributed by atoms with van der Waals surface area (Å²) in [4.78, 5) is 116. The summed E-state index contributed by atoms with van der Waals surface area (Å²) in [6, 6.07) is 33.0. The van der Waals surface area contributed by atoms with Crippen LogP contribution in [-0.2, 0) is 53.8 Å². The quantitative estimate of drug-likeness (QED) is 0.00934. The number of halogens is 5. The second kappa shape index (κ2) is 42.5. The van der Waals surface area contributed by atoms with E-state index in [-0.39, 0.29) is 204 Å². The Morgan fingerprint density at radius 1 is 0.596 bits per heavy atom. The van der Waals surface area contributed by atoms with Gasteiger partial charge in [0, 0.05) is 121 Å². The maximum Gasteiger partial charge on any atom is 1.00 e. The van der Waals surface area contributed by atoms with E-state index >= 15 is 0 Å². The fourth-order valence-corrected chi connectivity index (χ4v) is 11.9. The Labute approximate surface area is 751 Å². The van der Waals surface area contributed by atoms with Crippen molar-refractivity contribution in [2.24, 2.45) is 32.2 Å². The summed E-state index contributed by atoms with van der Waals surface area (Å²) < 4.78 is 33.5. The maximum absolute atomic E-state index is 14.4. The molecule has 25 nitrogen and oxygen atoms in total. The number of aliphatic imine (C=N–C) groups is 3. The van der Waals surface area contributed by atoms with E-state index in [2.05, 4.69) is 103 Å². The summed E-state index contributed by atoms with van der Waals surface area (Å²) in [6.45, 7) is 12.8. The monoisotopic (exact) mass is 1900 g/mol. The molecular weight excluding hydrogens is 1830 g/mol.